The molecule has 0 bridgehead atoms. The SMILES string of the molecule is C[C@@H]1C(=O)N(OS(=O)(=O)O)[C@@H]1C. The van der Waals surface area contributed by atoms with Crippen LogP contribution < -0.4 is 0 Å². The zero-order chi connectivity index (χ0) is 9.52. The van der Waals surface area contributed by atoms with E-state index in [4.69, 9.17) is 4.55 Å². The van der Waals surface area contributed by atoms with Crippen molar-refractivity contribution in [2.45, 2.75) is 19.9 Å². The van der Waals surface area contributed by atoms with Crippen LogP contribution in [0.15, 0.2) is 0 Å². The summed E-state index contributed by atoms with van der Waals surface area (Å²) in [6, 6.07) is -0.320. The second-order valence-corrected chi connectivity index (χ2v) is 3.70. The van der Waals surface area contributed by atoms with Crippen LogP contribution in [0.5, 0.6) is 0 Å². The van der Waals surface area contributed by atoms with Crippen LogP contribution in [0.4, 0.5) is 0 Å². The van der Waals surface area contributed by atoms with Crippen molar-refractivity contribution < 1.29 is 22.0 Å². The average molecular weight is 195 g/mol. The third-order valence-electron chi connectivity index (χ3n) is 1.87. The maximum Gasteiger partial charge on any atom is 0.418 e. The third-order valence-corrected chi connectivity index (χ3v) is 2.22. The second kappa shape index (κ2) is 2.68. The normalized spacial score (nSPS) is 30.2. The molecule has 1 heterocycles. The van der Waals surface area contributed by atoms with Gasteiger partial charge < -0.3 is 0 Å². The number of hydrogen-bond acceptors (Lipinski definition) is 4. The van der Waals surface area contributed by atoms with Gasteiger partial charge in [-0.2, -0.15) is 13.5 Å². The van der Waals surface area contributed by atoms with Crippen LogP contribution in [0.1, 0.15) is 13.8 Å². The summed E-state index contributed by atoms with van der Waals surface area (Å²) in [5.41, 5.74) is 0. The van der Waals surface area contributed by atoms with Crippen molar-refractivity contribution in [3.8, 4) is 0 Å². The minimum absolute atomic E-state index is 0.258. The van der Waals surface area contributed by atoms with Crippen molar-refractivity contribution in [3.63, 3.8) is 0 Å². The van der Waals surface area contributed by atoms with Crippen molar-refractivity contribution in [2.75, 3.05) is 0 Å². The van der Waals surface area contributed by atoms with E-state index in [0.29, 0.717) is 5.06 Å². The largest absolute Gasteiger partial charge is 0.418 e. The summed E-state index contributed by atoms with van der Waals surface area (Å²) in [7, 11) is -4.57. The number of amides is 1. The Balaban J connectivity index is 2.63. The van der Waals surface area contributed by atoms with Gasteiger partial charge in [0.1, 0.15) is 0 Å². The molecule has 70 valence electrons. The number of rotatable bonds is 2. The summed E-state index contributed by atoms with van der Waals surface area (Å²) < 4.78 is 32.6. The van der Waals surface area contributed by atoms with Crippen molar-refractivity contribution in [2.24, 2.45) is 5.92 Å². The molecule has 0 aromatic heterocycles. The van der Waals surface area contributed by atoms with E-state index in [9.17, 15) is 13.2 Å². The zero-order valence-corrected chi connectivity index (χ0v) is 7.41. The zero-order valence-electron chi connectivity index (χ0n) is 6.59. The number of hydrogen-bond donors (Lipinski definition) is 1. The molecule has 1 saturated heterocycles. The fourth-order valence-electron chi connectivity index (χ4n) is 0.935. The summed E-state index contributed by atoms with van der Waals surface area (Å²) in [6.07, 6.45) is 0. The molecule has 0 saturated carbocycles. The Morgan fingerprint density at radius 3 is 2.33 bits per heavy atom. The molecular formula is C5H9NO5S. The Morgan fingerprint density at radius 2 is 2.00 bits per heavy atom. The lowest BCUT2D eigenvalue weighted by Gasteiger charge is -2.40. The lowest BCUT2D eigenvalue weighted by molar-refractivity contribution is -0.201. The van der Waals surface area contributed by atoms with Gasteiger partial charge in [-0.05, 0) is 6.92 Å². The number of β-lactam (4-membered cyclic amide) rings is 1. The van der Waals surface area contributed by atoms with Crippen LogP contribution in [0.2, 0.25) is 0 Å². The molecule has 6 nitrogen and oxygen atoms in total. The van der Waals surface area contributed by atoms with Crippen LogP contribution in [-0.2, 0) is 19.5 Å². The Morgan fingerprint density at radius 1 is 1.50 bits per heavy atom. The molecular weight excluding hydrogens is 186 g/mol. The topological polar surface area (TPSA) is 83.9 Å². The molecule has 0 aromatic carbocycles. The smallest absolute Gasteiger partial charge is 0.272 e. The Bertz CT molecular complexity index is 297. The Kier molecular flexibility index (Phi) is 2.11. The van der Waals surface area contributed by atoms with E-state index in [1.54, 1.807) is 13.8 Å². The monoisotopic (exact) mass is 195 g/mol. The molecule has 0 spiro atoms. The predicted octanol–water partition coefficient (Wildman–Crippen LogP) is -0.412. The number of nitrogens with zero attached hydrogens (tertiary/aromatic N) is 1. The lowest BCUT2D eigenvalue weighted by atomic mass is 9.94. The maximum atomic E-state index is 10.9. The average Bonchev–Trinajstić information content (AvgIpc) is 1.96. The van der Waals surface area contributed by atoms with Crippen molar-refractivity contribution in [1.29, 1.82) is 0 Å². The molecule has 0 unspecified atom stereocenters. The van der Waals surface area contributed by atoms with Gasteiger partial charge in [0.2, 0.25) is 0 Å². The molecule has 1 amide bonds. The first-order valence-corrected chi connectivity index (χ1v) is 4.69. The first-order chi connectivity index (χ1) is 5.33. The van der Waals surface area contributed by atoms with Crippen LogP contribution in [0.25, 0.3) is 0 Å². The van der Waals surface area contributed by atoms with Crippen LogP contribution in [0.3, 0.4) is 0 Å². The standard InChI is InChI=1S/C5H9NO5S/c1-3-4(2)6(5(3)7)11-12(8,9)10/h3-4H,1-2H3,(H,8,9,10)/t3-,4+/m0/s1. The van der Waals surface area contributed by atoms with E-state index >= 15 is 0 Å². The summed E-state index contributed by atoms with van der Waals surface area (Å²) in [4.78, 5) is 10.9. The lowest BCUT2D eigenvalue weighted by Crippen LogP contribution is -2.58. The summed E-state index contributed by atoms with van der Waals surface area (Å²) in [5, 5.41) is 0.639. The van der Waals surface area contributed by atoms with E-state index in [2.05, 4.69) is 4.28 Å². The highest BCUT2D eigenvalue weighted by molar-refractivity contribution is 7.80. The van der Waals surface area contributed by atoms with Gasteiger partial charge >= 0.3 is 10.4 Å². The van der Waals surface area contributed by atoms with E-state index in [0.717, 1.165) is 0 Å². The Labute approximate surface area is 70.0 Å². The summed E-state index contributed by atoms with van der Waals surface area (Å²) in [6.45, 7) is 3.27. The number of carbonyl (C=O) groups is 1. The van der Waals surface area contributed by atoms with Crippen LogP contribution >= 0.6 is 0 Å². The molecule has 12 heavy (non-hydrogen) atoms. The quantitative estimate of drug-likeness (QED) is 0.478. The van der Waals surface area contributed by atoms with Gasteiger partial charge in [0.25, 0.3) is 5.91 Å². The first-order valence-electron chi connectivity index (χ1n) is 3.33. The highest BCUT2D eigenvalue weighted by Crippen LogP contribution is 2.26. The Hall–Kier alpha value is -0.660. The molecule has 0 aliphatic carbocycles. The molecule has 0 aromatic rings. The van der Waals surface area contributed by atoms with Crippen LogP contribution in [0, 0.1) is 5.92 Å². The molecule has 1 N–H and O–H groups in total. The molecule has 2 atom stereocenters. The van der Waals surface area contributed by atoms with Crippen LogP contribution in [-0.4, -0.2) is 30.0 Å². The van der Waals surface area contributed by atoms with Gasteiger partial charge in [-0.1, -0.05) is 6.92 Å². The fraction of sp³-hybridized carbons (Fsp3) is 0.800. The highest BCUT2D eigenvalue weighted by atomic mass is 32.3. The van der Waals surface area contributed by atoms with Gasteiger partial charge in [-0.25, -0.2) is 0 Å². The highest BCUT2D eigenvalue weighted by Gasteiger charge is 2.44. The second-order valence-electron chi connectivity index (χ2n) is 2.70. The number of carbonyl (C=O) groups excluding carboxylic acids is 1. The molecule has 0 radical (unpaired) electrons. The van der Waals surface area contributed by atoms with Gasteiger partial charge in [-0.15, -0.1) is 4.28 Å². The molecule has 1 aliphatic heterocycles. The number of hydroxylamine groups is 2. The third kappa shape index (κ3) is 1.57. The predicted molar refractivity (Wildman–Crippen MR) is 38.1 cm³/mol. The van der Waals surface area contributed by atoms with Gasteiger partial charge in [0.05, 0.1) is 12.0 Å². The van der Waals surface area contributed by atoms with Gasteiger partial charge in [-0.3, -0.25) is 9.35 Å². The minimum atomic E-state index is -4.57. The van der Waals surface area contributed by atoms with E-state index in [1.165, 1.54) is 0 Å². The van der Waals surface area contributed by atoms with Gasteiger partial charge in [0, 0.05) is 0 Å². The van der Waals surface area contributed by atoms with Crippen molar-refractivity contribution in [3.05, 3.63) is 0 Å². The van der Waals surface area contributed by atoms with E-state index in [-0.39, 0.29) is 12.0 Å². The van der Waals surface area contributed by atoms with Gasteiger partial charge in [0.15, 0.2) is 0 Å². The van der Waals surface area contributed by atoms with Crippen molar-refractivity contribution >= 4 is 16.3 Å². The minimum Gasteiger partial charge on any atom is -0.272 e. The fourth-order valence-corrected chi connectivity index (χ4v) is 1.35. The molecule has 1 aliphatic rings. The van der Waals surface area contributed by atoms with Crippen molar-refractivity contribution in [1.82, 2.24) is 5.06 Å². The summed E-state index contributed by atoms with van der Waals surface area (Å²) in [5.74, 6) is -0.702. The summed E-state index contributed by atoms with van der Waals surface area (Å²) >= 11 is 0. The maximum absolute atomic E-state index is 10.9. The molecule has 1 fully saturated rings. The molecule has 1 rings (SSSR count). The van der Waals surface area contributed by atoms with E-state index in [1.807, 2.05) is 0 Å². The van der Waals surface area contributed by atoms with E-state index < -0.39 is 16.3 Å². The molecule has 7 heteroatoms. The first kappa shape index (κ1) is 9.43.